The number of nitriles is 1. The van der Waals surface area contributed by atoms with Gasteiger partial charge < -0.3 is 5.32 Å². The van der Waals surface area contributed by atoms with Crippen molar-refractivity contribution in [1.82, 2.24) is 4.72 Å². The first-order valence-electron chi connectivity index (χ1n) is 7.01. The summed E-state index contributed by atoms with van der Waals surface area (Å²) < 4.78 is 26.6. The summed E-state index contributed by atoms with van der Waals surface area (Å²) in [5.74, 6) is 0. The van der Waals surface area contributed by atoms with Gasteiger partial charge in [0.1, 0.15) is 6.07 Å². The van der Waals surface area contributed by atoms with Crippen molar-refractivity contribution in [2.24, 2.45) is 0 Å². The lowest BCUT2D eigenvalue weighted by Crippen LogP contribution is -2.28. The lowest BCUT2D eigenvalue weighted by atomic mass is 10.2. The number of nitrogens with zero attached hydrogens (tertiary/aromatic N) is 2. The second-order valence-corrected chi connectivity index (χ2v) is 7.06. The van der Waals surface area contributed by atoms with Crippen LogP contribution < -0.4 is 10.0 Å². The molecule has 0 atom stereocenters. The molecule has 10 heteroatoms. The molecule has 25 heavy (non-hydrogen) atoms. The minimum Gasteiger partial charge on any atom is -0.384 e. The van der Waals surface area contributed by atoms with Crippen molar-refractivity contribution in [3.8, 4) is 6.07 Å². The van der Waals surface area contributed by atoms with Gasteiger partial charge in [-0.2, -0.15) is 5.26 Å². The van der Waals surface area contributed by atoms with Crippen LogP contribution in [0, 0.1) is 21.4 Å². The molecular weight excluding hydrogens is 368 g/mol. The number of hydrogen-bond donors (Lipinski definition) is 2. The van der Waals surface area contributed by atoms with Gasteiger partial charge in [-0.1, -0.05) is 11.6 Å². The van der Waals surface area contributed by atoms with Crippen molar-refractivity contribution < 1.29 is 13.3 Å². The quantitative estimate of drug-likeness (QED) is 0.432. The van der Waals surface area contributed by atoms with Gasteiger partial charge in [0, 0.05) is 30.9 Å². The maximum Gasteiger partial charge on any atom is 0.269 e. The van der Waals surface area contributed by atoms with Gasteiger partial charge in [0.15, 0.2) is 0 Å². The summed E-state index contributed by atoms with van der Waals surface area (Å²) in [7, 11) is -3.76. The Morgan fingerprint density at radius 2 is 1.84 bits per heavy atom. The van der Waals surface area contributed by atoms with E-state index in [0.29, 0.717) is 16.3 Å². The molecule has 0 aromatic heterocycles. The highest BCUT2D eigenvalue weighted by Crippen LogP contribution is 2.20. The molecule has 0 bridgehead atoms. The van der Waals surface area contributed by atoms with Crippen LogP contribution in [0.3, 0.4) is 0 Å². The van der Waals surface area contributed by atoms with Crippen LogP contribution in [0.5, 0.6) is 0 Å². The molecule has 2 N–H and O–H groups in total. The molecule has 2 aromatic rings. The summed E-state index contributed by atoms with van der Waals surface area (Å²) in [4.78, 5) is 9.92. The molecule has 2 aromatic carbocycles. The van der Waals surface area contributed by atoms with Crippen molar-refractivity contribution in [3.63, 3.8) is 0 Å². The van der Waals surface area contributed by atoms with Crippen LogP contribution in [0.15, 0.2) is 47.4 Å². The van der Waals surface area contributed by atoms with Gasteiger partial charge >= 0.3 is 0 Å². The molecular formula is C15H13ClN4O4S. The van der Waals surface area contributed by atoms with Crippen molar-refractivity contribution in [3.05, 3.63) is 63.2 Å². The zero-order valence-electron chi connectivity index (χ0n) is 12.8. The third-order valence-electron chi connectivity index (χ3n) is 3.19. The minimum atomic E-state index is -3.76. The Labute approximate surface area is 149 Å². The fourth-order valence-corrected chi connectivity index (χ4v) is 3.19. The number of non-ortho nitro benzene ring substituents is 1. The van der Waals surface area contributed by atoms with Gasteiger partial charge in [0.2, 0.25) is 10.0 Å². The van der Waals surface area contributed by atoms with Gasteiger partial charge in [0.25, 0.3) is 5.69 Å². The minimum absolute atomic E-state index is 0.0560. The van der Waals surface area contributed by atoms with Crippen LogP contribution in [0.25, 0.3) is 0 Å². The monoisotopic (exact) mass is 380 g/mol. The average Bonchev–Trinajstić information content (AvgIpc) is 2.59. The van der Waals surface area contributed by atoms with E-state index in [4.69, 9.17) is 16.9 Å². The highest BCUT2D eigenvalue weighted by atomic mass is 35.5. The molecule has 0 saturated heterocycles. The zero-order valence-corrected chi connectivity index (χ0v) is 14.3. The van der Waals surface area contributed by atoms with Gasteiger partial charge in [-0.25, -0.2) is 13.1 Å². The Hall–Kier alpha value is -2.67. The van der Waals surface area contributed by atoms with Gasteiger partial charge in [-0.05, 0) is 30.3 Å². The number of anilines is 1. The Morgan fingerprint density at radius 1 is 1.16 bits per heavy atom. The number of rotatable bonds is 7. The molecule has 0 spiro atoms. The normalized spacial score (nSPS) is 10.9. The summed E-state index contributed by atoms with van der Waals surface area (Å²) in [6, 6.07) is 11.4. The fourth-order valence-electron chi connectivity index (χ4n) is 1.94. The number of nitro groups is 1. The fraction of sp³-hybridized carbons (Fsp3) is 0.133. The zero-order chi connectivity index (χ0) is 18.4. The van der Waals surface area contributed by atoms with E-state index in [1.54, 1.807) is 18.2 Å². The predicted octanol–water partition coefficient (Wildman–Crippen LogP) is 2.51. The number of nitrogens with one attached hydrogen (secondary N) is 2. The lowest BCUT2D eigenvalue weighted by Gasteiger charge is -2.09. The summed E-state index contributed by atoms with van der Waals surface area (Å²) in [5, 5.41) is 22.7. The third kappa shape index (κ3) is 4.90. The summed E-state index contributed by atoms with van der Waals surface area (Å²) >= 11 is 5.91. The second-order valence-electron chi connectivity index (χ2n) is 4.88. The molecule has 2 rings (SSSR count). The second kappa shape index (κ2) is 7.94. The highest BCUT2D eigenvalue weighted by molar-refractivity contribution is 7.89. The average molecular weight is 381 g/mol. The Bertz CT molecular complexity index is 924. The predicted molar refractivity (Wildman–Crippen MR) is 92.9 cm³/mol. The molecule has 130 valence electrons. The molecule has 0 saturated carbocycles. The molecule has 0 heterocycles. The van der Waals surface area contributed by atoms with E-state index < -0.39 is 14.9 Å². The van der Waals surface area contributed by atoms with E-state index in [2.05, 4.69) is 10.0 Å². The van der Waals surface area contributed by atoms with Crippen LogP contribution >= 0.6 is 11.6 Å². The van der Waals surface area contributed by atoms with E-state index in [1.807, 2.05) is 6.07 Å². The summed E-state index contributed by atoms with van der Waals surface area (Å²) in [6.45, 7) is 0.380. The number of nitro benzene ring substituents is 1. The smallest absolute Gasteiger partial charge is 0.269 e. The van der Waals surface area contributed by atoms with Crippen LogP contribution in [0.2, 0.25) is 5.02 Å². The van der Waals surface area contributed by atoms with Crippen LogP contribution in [-0.4, -0.2) is 26.4 Å². The first-order valence-corrected chi connectivity index (χ1v) is 8.87. The maximum atomic E-state index is 12.1. The van der Waals surface area contributed by atoms with Crippen LogP contribution in [0.4, 0.5) is 11.4 Å². The Morgan fingerprint density at radius 3 is 2.40 bits per heavy atom. The van der Waals surface area contributed by atoms with Crippen LogP contribution in [-0.2, 0) is 10.0 Å². The highest BCUT2D eigenvalue weighted by Gasteiger charge is 2.15. The molecule has 0 unspecified atom stereocenters. The number of hydrogen-bond acceptors (Lipinski definition) is 6. The molecule has 0 aliphatic rings. The Kier molecular flexibility index (Phi) is 5.93. The van der Waals surface area contributed by atoms with Crippen molar-refractivity contribution in [2.45, 2.75) is 4.90 Å². The van der Waals surface area contributed by atoms with E-state index >= 15 is 0 Å². The van der Waals surface area contributed by atoms with E-state index in [0.717, 1.165) is 12.1 Å². The summed E-state index contributed by atoms with van der Waals surface area (Å²) in [6.07, 6.45) is 0. The lowest BCUT2D eigenvalue weighted by molar-refractivity contribution is -0.384. The summed E-state index contributed by atoms with van der Waals surface area (Å²) in [5.41, 5.74) is 0.822. The molecule has 0 aliphatic carbocycles. The largest absolute Gasteiger partial charge is 0.384 e. The third-order valence-corrected chi connectivity index (χ3v) is 4.98. The molecule has 0 fully saturated rings. The SMILES string of the molecule is N#Cc1ccc(NCCNS(=O)(=O)c2ccc([N+](=O)[O-])cc2)cc1Cl. The van der Waals surface area contributed by atoms with E-state index in [9.17, 15) is 18.5 Å². The van der Waals surface area contributed by atoms with Crippen molar-refractivity contribution >= 4 is 33.0 Å². The first-order chi connectivity index (χ1) is 11.8. The first kappa shape index (κ1) is 18.7. The number of benzene rings is 2. The molecule has 0 radical (unpaired) electrons. The molecule has 8 nitrogen and oxygen atoms in total. The number of halogens is 1. The number of sulfonamides is 1. The van der Waals surface area contributed by atoms with E-state index in [1.165, 1.54) is 12.1 Å². The van der Waals surface area contributed by atoms with E-state index in [-0.39, 0.29) is 23.7 Å². The van der Waals surface area contributed by atoms with Crippen molar-refractivity contribution in [2.75, 3.05) is 18.4 Å². The molecule has 0 amide bonds. The molecule has 0 aliphatic heterocycles. The van der Waals surface area contributed by atoms with Crippen molar-refractivity contribution in [1.29, 1.82) is 5.26 Å². The Balaban J connectivity index is 1.91. The van der Waals surface area contributed by atoms with Gasteiger partial charge in [-0.15, -0.1) is 0 Å². The van der Waals surface area contributed by atoms with Gasteiger partial charge in [0.05, 0.1) is 20.4 Å². The maximum absolute atomic E-state index is 12.1. The topological polar surface area (TPSA) is 125 Å². The van der Waals surface area contributed by atoms with Gasteiger partial charge in [-0.3, -0.25) is 10.1 Å². The van der Waals surface area contributed by atoms with Crippen LogP contribution in [0.1, 0.15) is 5.56 Å². The standard InChI is InChI=1S/C15H13ClN4O4S/c16-15-9-12(2-1-11(15)10-17)18-7-8-19-25(23,24)14-5-3-13(4-6-14)20(21)22/h1-6,9,18-19H,7-8H2.